The minimum atomic E-state index is -4.77. The Hall–Kier alpha value is -5.92. The van der Waals surface area contributed by atoms with E-state index in [4.69, 9.17) is 25.8 Å². The minimum absolute atomic E-state index is 0.124. The molecule has 14 heteroatoms. The predicted molar refractivity (Wildman–Crippen MR) is 203 cm³/mol. The molecule has 0 fully saturated rings. The van der Waals surface area contributed by atoms with Crippen LogP contribution in [0.15, 0.2) is 126 Å². The molecule has 0 aromatic heterocycles. The molecule has 5 aromatic carbocycles. The molecule has 0 saturated heterocycles. The first kappa shape index (κ1) is 39.3. The molecule has 0 radical (unpaired) electrons. The normalized spacial score (nSPS) is 11.9. The van der Waals surface area contributed by atoms with Crippen LogP contribution in [0.4, 0.5) is 24.5 Å². The molecular formula is C40H33ClF3N3O6S. The Bertz CT molecular complexity index is 2140. The number of halogens is 4. The average molecular weight is 776 g/mol. The van der Waals surface area contributed by atoms with Crippen molar-refractivity contribution >= 4 is 58.5 Å². The van der Waals surface area contributed by atoms with Crippen LogP contribution in [-0.2, 0) is 15.8 Å². The summed E-state index contributed by atoms with van der Waals surface area (Å²) < 4.78 is 57.8. The molecule has 0 aliphatic heterocycles. The SMILES string of the molecule is COc1cc(/C=C(/NC(=O)c2ccccc2)C(=O)Nc2cccc(SC(C(=O)Nc3ccc(Cl)cc3C(F)(F)F)c3ccccc3)c2)cc(OC)c1OC. The summed E-state index contributed by atoms with van der Waals surface area (Å²) >= 11 is 6.90. The third kappa shape index (κ3) is 9.94. The number of hydrogen-bond acceptors (Lipinski definition) is 7. The zero-order valence-corrected chi connectivity index (χ0v) is 30.6. The summed E-state index contributed by atoms with van der Waals surface area (Å²) in [5.74, 6) is -0.959. The summed E-state index contributed by atoms with van der Waals surface area (Å²) in [5, 5.41) is 6.76. The van der Waals surface area contributed by atoms with Crippen LogP contribution in [0.1, 0.15) is 32.3 Å². The van der Waals surface area contributed by atoms with E-state index in [1.165, 1.54) is 33.5 Å². The molecule has 5 aromatic rings. The number of hydrogen-bond donors (Lipinski definition) is 3. The second-order valence-electron chi connectivity index (χ2n) is 11.4. The lowest BCUT2D eigenvalue weighted by molar-refractivity contribution is -0.137. The van der Waals surface area contributed by atoms with Gasteiger partial charge >= 0.3 is 6.18 Å². The Kier molecular flexibility index (Phi) is 12.9. The summed E-state index contributed by atoms with van der Waals surface area (Å²) in [7, 11) is 4.35. The lowest BCUT2D eigenvalue weighted by Crippen LogP contribution is -2.30. The quantitative estimate of drug-likeness (QED) is 0.0807. The molecule has 3 amide bonds. The van der Waals surface area contributed by atoms with E-state index >= 15 is 0 Å². The molecular weight excluding hydrogens is 743 g/mol. The fourth-order valence-corrected chi connectivity index (χ4v) is 6.49. The van der Waals surface area contributed by atoms with Crippen molar-refractivity contribution in [2.75, 3.05) is 32.0 Å². The number of rotatable bonds is 13. The van der Waals surface area contributed by atoms with Gasteiger partial charge in [-0.15, -0.1) is 11.8 Å². The molecule has 5 rings (SSSR count). The zero-order valence-electron chi connectivity index (χ0n) is 29.0. The van der Waals surface area contributed by atoms with Gasteiger partial charge in [0.2, 0.25) is 11.7 Å². The second kappa shape index (κ2) is 17.7. The maximum absolute atomic E-state index is 13.9. The zero-order chi connectivity index (χ0) is 38.8. The topological polar surface area (TPSA) is 115 Å². The molecule has 54 heavy (non-hydrogen) atoms. The van der Waals surface area contributed by atoms with Crippen LogP contribution in [0.25, 0.3) is 6.08 Å². The van der Waals surface area contributed by atoms with Crippen molar-refractivity contribution in [1.82, 2.24) is 5.32 Å². The third-order valence-corrected chi connectivity index (χ3v) is 9.24. The number of benzene rings is 5. The number of ether oxygens (including phenoxy) is 3. The molecule has 0 aliphatic rings. The molecule has 278 valence electrons. The molecule has 0 aliphatic carbocycles. The van der Waals surface area contributed by atoms with Crippen LogP contribution in [0, 0.1) is 0 Å². The Morgan fingerprint density at radius 3 is 2.02 bits per heavy atom. The number of alkyl halides is 3. The summed E-state index contributed by atoms with van der Waals surface area (Å²) in [6.07, 6.45) is -3.32. The standard InChI is InChI=1S/C40H33ClF3N3O6S/c1-51-33-20-24(21-34(52-2)35(33)53-3)19-32(47-37(48)26-13-8-5-9-14-26)38(49)45-28-15-10-16-29(23-28)54-36(25-11-6-4-7-12-25)39(50)46-31-18-17-27(41)22-30(31)40(42,43)44/h4-23,36H,1-3H3,(H,45,49)(H,46,50)(H,47,48)/b32-19+. The highest BCUT2D eigenvalue weighted by atomic mass is 35.5. The van der Waals surface area contributed by atoms with E-state index in [0.29, 0.717) is 44.5 Å². The Balaban J connectivity index is 1.44. The highest BCUT2D eigenvalue weighted by molar-refractivity contribution is 8.00. The number of anilines is 2. The highest BCUT2D eigenvalue weighted by Gasteiger charge is 2.35. The Morgan fingerprint density at radius 2 is 1.41 bits per heavy atom. The van der Waals surface area contributed by atoms with E-state index in [1.54, 1.807) is 97.1 Å². The van der Waals surface area contributed by atoms with E-state index in [9.17, 15) is 27.6 Å². The van der Waals surface area contributed by atoms with Gasteiger partial charge in [0.25, 0.3) is 11.8 Å². The van der Waals surface area contributed by atoms with Gasteiger partial charge in [0.1, 0.15) is 10.9 Å². The van der Waals surface area contributed by atoms with E-state index in [1.807, 2.05) is 0 Å². The molecule has 0 bridgehead atoms. The number of carbonyl (C=O) groups is 3. The van der Waals surface area contributed by atoms with Gasteiger partial charge in [0.05, 0.1) is 32.6 Å². The van der Waals surface area contributed by atoms with Gasteiger partial charge in [-0.3, -0.25) is 14.4 Å². The van der Waals surface area contributed by atoms with Crippen molar-refractivity contribution in [2.45, 2.75) is 16.3 Å². The van der Waals surface area contributed by atoms with Gasteiger partial charge < -0.3 is 30.2 Å². The van der Waals surface area contributed by atoms with Crippen molar-refractivity contribution in [2.24, 2.45) is 0 Å². The van der Waals surface area contributed by atoms with Gasteiger partial charge in [-0.25, -0.2) is 0 Å². The first-order valence-corrected chi connectivity index (χ1v) is 17.3. The molecule has 0 saturated carbocycles. The van der Waals surface area contributed by atoms with Crippen LogP contribution < -0.4 is 30.2 Å². The summed E-state index contributed by atoms with van der Waals surface area (Å²) in [5.41, 5.74) is -0.0663. The lowest BCUT2D eigenvalue weighted by Gasteiger charge is -2.20. The van der Waals surface area contributed by atoms with E-state index in [-0.39, 0.29) is 10.7 Å². The number of thioether (sulfide) groups is 1. The number of nitrogens with one attached hydrogen (secondary N) is 3. The van der Waals surface area contributed by atoms with E-state index < -0.39 is 40.4 Å². The van der Waals surface area contributed by atoms with Crippen molar-refractivity contribution in [3.8, 4) is 17.2 Å². The monoisotopic (exact) mass is 775 g/mol. The van der Waals surface area contributed by atoms with Crippen LogP contribution in [0.3, 0.4) is 0 Å². The van der Waals surface area contributed by atoms with Crippen LogP contribution in [0.5, 0.6) is 17.2 Å². The van der Waals surface area contributed by atoms with Crippen LogP contribution >= 0.6 is 23.4 Å². The van der Waals surface area contributed by atoms with Gasteiger partial charge in [0, 0.05) is 21.2 Å². The van der Waals surface area contributed by atoms with E-state index in [0.717, 1.165) is 23.9 Å². The number of carbonyl (C=O) groups excluding carboxylic acids is 3. The van der Waals surface area contributed by atoms with Crippen LogP contribution in [0.2, 0.25) is 5.02 Å². The fraction of sp³-hybridized carbons (Fsp3) is 0.125. The summed E-state index contributed by atoms with van der Waals surface area (Å²) in [4.78, 5) is 41.3. The molecule has 0 spiro atoms. The first-order chi connectivity index (χ1) is 25.9. The number of amides is 3. The summed E-state index contributed by atoms with van der Waals surface area (Å²) in [6, 6.07) is 29.7. The molecule has 1 atom stereocenters. The number of methoxy groups -OCH3 is 3. The molecule has 3 N–H and O–H groups in total. The van der Waals surface area contributed by atoms with Crippen LogP contribution in [-0.4, -0.2) is 39.1 Å². The van der Waals surface area contributed by atoms with Gasteiger partial charge in [-0.05, 0) is 77.9 Å². The Morgan fingerprint density at radius 1 is 0.759 bits per heavy atom. The van der Waals surface area contributed by atoms with Crippen molar-refractivity contribution < 1.29 is 41.8 Å². The minimum Gasteiger partial charge on any atom is -0.493 e. The van der Waals surface area contributed by atoms with Crippen molar-refractivity contribution in [3.05, 3.63) is 148 Å². The maximum Gasteiger partial charge on any atom is 0.418 e. The highest BCUT2D eigenvalue weighted by Crippen LogP contribution is 2.41. The Labute approximate surface area is 318 Å². The average Bonchev–Trinajstić information content (AvgIpc) is 3.17. The predicted octanol–water partition coefficient (Wildman–Crippen LogP) is 9.27. The lowest BCUT2D eigenvalue weighted by atomic mass is 10.1. The van der Waals surface area contributed by atoms with Gasteiger partial charge in [0.15, 0.2) is 11.5 Å². The molecule has 0 heterocycles. The second-order valence-corrected chi connectivity index (χ2v) is 13.0. The van der Waals surface area contributed by atoms with Crippen molar-refractivity contribution in [1.29, 1.82) is 0 Å². The van der Waals surface area contributed by atoms with Crippen molar-refractivity contribution in [3.63, 3.8) is 0 Å². The van der Waals surface area contributed by atoms with E-state index in [2.05, 4.69) is 16.0 Å². The first-order valence-electron chi connectivity index (χ1n) is 16.1. The van der Waals surface area contributed by atoms with Gasteiger partial charge in [-0.2, -0.15) is 13.2 Å². The maximum atomic E-state index is 13.9. The molecule has 9 nitrogen and oxygen atoms in total. The fourth-order valence-electron chi connectivity index (χ4n) is 5.23. The third-order valence-electron chi connectivity index (χ3n) is 7.76. The largest absolute Gasteiger partial charge is 0.493 e. The van der Waals surface area contributed by atoms with Gasteiger partial charge in [-0.1, -0.05) is 66.2 Å². The smallest absolute Gasteiger partial charge is 0.418 e. The molecule has 1 unspecified atom stereocenters. The summed E-state index contributed by atoms with van der Waals surface area (Å²) in [6.45, 7) is 0.